The highest BCUT2D eigenvalue weighted by molar-refractivity contribution is 5.26. The van der Waals surface area contributed by atoms with E-state index < -0.39 is 17.5 Å². The van der Waals surface area contributed by atoms with Crippen molar-refractivity contribution < 1.29 is 13.2 Å². The Morgan fingerprint density at radius 2 is 1.58 bits per heavy atom. The van der Waals surface area contributed by atoms with Crippen LogP contribution in [0.5, 0.6) is 0 Å². The molecule has 1 aromatic carbocycles. The van der Waals surface area contributed by atoms with Crippen LogP contribution >= 0.6 is 0 Å². The van der Waals surface area contributed by atoms with Gasteiger partial charge >= 0.3 is 0 Å². The van der Waals surface area contributed by atoms with Crippen LogP contribution in [0.4, 0.5) is 13.2 Å². The average Bonchev–Trinajstić information content (AvgIpc) is 3.11. The molecular weight excluding hydrogens is 251 g/mol. The van der Waals surface area contributed by atoms with Crippen LogP contribution in [0.3, 0.4) is 0 Å². The first-order valence-corrected chi connectivity index (χ1v) is 6.95. The van der Waals surface area contributed by atoms with E-state index in [1.165, 1.54) is 25.7 Å². The second kappa shape index (κ2) is 4.82. The summed E-state index contributed by atoms with van der Waals surface area (Å²) in [5.74, 6) is -1.13. The van der Waals surface area contributed by atoms with Gasteiger partial charge in [0.25, 0.3) is 0 Å². The fraction of sp³-hybridized carbons (Fsp3) is 0.600. The molecule has 19 heavy (non-hydrogen) atoms. The molecular formula is C15H18F3N. The maximum atomic E-state index is 13.9. The molecule has 0 bridgehead atoms. The Kier molecular flexibility index (Phi) is 3.29. The van der Waals surface area contributed by atoms with Crippen LogP contribution in [0.1, 0.15) is 37.3 Å². The van der Waals surface area contributed by atoms with Crippen molar-refractivity contribution in [2.24, 2.45) is 17.8 Å². The first kappa shape index (κ1) is 13.0. The molecule has 3 rings (SSSR count). The molecule has 2 aliphatic rings. The Morgan fingerprint density at radius 1 is 1.00 bits per heavy atom. The van der Waals surface area contributed by atoms with Crippen molar-refractivity contribution in [2.45, 2.75) is 31.7 Å². The highest BCUT2D eigenvalue weighted by atomic mass is 19.2. The number of halogens is 3. The van der Waals surface area contributed by atoms with Crippen LogP contribution in [0.15, 0.2) is 12.1 Å². The molecule has 3 unspecified atom stereocenters. The number of hydrogen-bond acceptors (Lipinski definition) is 1. The second-order valence-electron chi connectivity index (χ2n) is 5.74. The monoisotopic (exact) mass is 269 g/mol. The number of benzene rings is 1. The molecule has 4 heteroatoms. The quantitative estimate of drug-likeness (QED) is 0.823. The Balaban J connectivity index is 1.89. The van der Waals surface area contributed by atoms with E-state index >= 15 is 0 Å². The molecule has 2 aliphatic carbocycles. The second-order valence-corrected chi connectivity index (χ2v) is 5.74. The minimum Gasteiger partial charge on any atom is -0.313 e. The smallest absolute Gasteiger partial charge is 0.161 e. The molecule has 0 heterocycles. The minimum absolute atomic E-state index is 0.205. The van der Waals surface area contributed by atoms with Gasteiger partial charge in [0.15, 0.2) is 11.6 Å². The Labute approximate surface area is 111 Å². The molecule has 0 radical (unpaired) electrons. The summed E-state index contributed by atoms with van der Waals surface area (Å²) in [4.78, 5) is 0. The largest absolute Gasteiger partial charge is 0.313 e. The summed E-state index contributed by atoms with van der Waals surface area (Å²) < 4.78 is 40.2. The third-order valence-corrected chi connectivity index (χ3v) is 4.79. The molecule has 3 atom stereocenters. The zero-order valence-electron chi connectivity index (χ0n) is 10.9. The van der Waals surface area contributed by atoms with Gasteiger partial charge in [-0.05, 0) is 43.7 Å². The highest BCUT2D eigenvalue weighted by Crippen LogP contribution is 2.60. The van der Waals surface area contributed by atoms with E-state index in [9.17, 15) is 13.2 Å². The van der Waals surface area contributed by atoms with Gasteiger partial charge in [-0.15, -0.1) is 0 Å². The zero-order chi connectivity index (χ0) is 13.6. The first-order valence-electron chi connectivity index (χ1n) is 6.95. The van der Waals surface area contributed by atoms with Gasteiger partial charge in [0.1, 0.15) is 5.82 Å². The normalized spacial score (nSPS) is 30.8. The summed E-state index contributed by atoms with van der Waals surface area (Å²) in [5, 5.41) is 3.10. The predicted octanol–water partition coefficient (Wildman–Crippen LogP) is 3.80. The number of hydrogen-bond donors (Lipinski definition) is 1. The Morgan fingerprint density at radius 3 is 2.16 bits per heavy atom. The molecule has 1 N–H and O–H groups in total. The van der Waals surface area contributed by atoms with Crippen LogP contribution in [-0.4, -0.2) is 7.05 Å². The van der Waals surface area contributed by atoms with E-state index in [0.29, 0.717) is 23.8 Å². The van der Waals surface area contributed by atoms with Crippen LogP contribution in [0.25, 0.3) is 0 Å². The van der Waals surface area contributed by atoms with E-state index in [1.54, 1.807) is 7.05 Å². The lowest BCUT2D eigenvalue weighted by Crippen LogP contribution is -2.21. The van der Waals surface area contributed by atoms with E-state index in [2.05, 4.69) is 5.32 Å². The maximum Gasteiger partial charge on any atom is 0.161 e. The Bertz CT molecular complexity index is 477. The summed E-state index contributed by atoms with van der Waals surface area (Å²) >= 11 is 0. The molecule has 104 valence electrons. The lowest BCUT2D eigenvalue weighted by atomic mass is 9.99. The van der Waals surface area contributed by atoms with E-state index in [-0.39, 0.29) is 11.6 Å². The van der Waals surface area contributed by atoms with Gasteiger partial charge in [0, 0.05) is 17.7 Å². The topological polar surface area (TPSA) is 12.0 Å². The van der Waals surface area contributed by atoms with Crippen molar-refractivity contribution in [3.05, 3.63) is 35.1 Å². The SMILES string of the molecule is CNC(c1cc(F)c(F)cc1F)C1C2CCCCC21. The number of fused-ring (bicyclic) bond motifs is 1. The molecule has 1 aromatic rings. The molecule has 0 spiro atoms. The molecule has 0 saturated heterocycles. The van der Waals surface area contributed by atoms with Gasteiger partial charge in [-0.2, -0.15) is 0 Å². The van der Waals surface area contributed by atoms with Crippen molar-refractivity contribution in [1.29, 1.82) is 0 Å². The fourth-order valence-corrected chi connectivity index (χ4v) is 3.87. The van der Waals surface area contributed by atoms with E-state index in [0.717, 1.165) is 6.07 Å². The number of rotatable bonds is 3. The van der Waals surface area contributed by atoms with Gasteiger partial charge in [-0.25, -0.2) is 13.2 Å². The molecule has 0 aliphatic heterocycles. The van der Waals surface area contributed by atoms with Gasteiger partial charge < -0.3 is 5.32 Å². The number of nitrogens with one attached hydrogen (secondary N) is 1. The summed E-state index contributed by atoms with van der Waals surface area (Å²) in [6.07, 6.45) is 4.82. The summed E-state index contributed by atoms with van der Waals surface area (Å²) in [6.45, 7) is 0. The molecule has 0 aromatic heterocycles. The van der Waals surface area contributed by atoms with E-state index in [1.807, 2.05) is 0 Å². The van der Waals surface area contributed by atoms with Crippen LogP contribution < -0.4 is 5.32 Å². The third-order valence-electron chi connectivity index (χ3n) is 4.79. The molecule has 1 nitrogen and oxygen atoms in total. The maximum absolute atomic E-state index is 13.9. The van der Waals surface area contributed by atoms with Crippen LogP contribution in [0.2, 0.25) is 0 Å². The van der Waals surface area contributed by atoms with Crippen molar-refractivity contribution >= 4 is 0 Å². The molecule has 2 fully saturated rings. The molecule has 2 saturated carbocycles. The van der Waals surface area contributed by atoms with Gasteiger partial charge in [0.2, 0.25) is 0 Å². The van der Waals surface area contributed by atoms with Gasteiger partial charge in [0.05, 0.1) is 0 Å². The van der Waals surface area contributed by atoms with E-state index in [4.69, 9.17) is 0 Å². The molecule has 0 amide bonds. The third kappa shape index (κ3) is 2.16. The minimum atomic E-state index is -1.12. The van der Waals surface area contributed by atoms with Crippen LogP contribution in [-0.2, 0) is 0 Å². The van der Waals surface area contributed by atoms with Gasteiger partial charge in [-0.1, -0.05) is 12.8 Å². The van der Waals surface area contributed by atoms with Crippen molar-refractivity contribution in [3.63, 3.8) is 0 Å². The average molecular weight is 269 g/mol. The highest BCUT2D eigenvalue weighted by Gasteiger charge is 2.54. The lowest BCUT2D eigenvalue weighted by molar-refractivity contribution is 0.439. The zero-order valence-corrected chi connectivity index (χ0v) is 10.9. The summed E-state index contributed by atoms with van der Waals surface area (Å²) in [6, 6.07) is 1.46. The van der Waals surface area contributed by atoms with Gasteiger partial charge in [-0.3, -0.25) is 0 Å². The van der Waals surface area contributed by atoms with Crippen molar-refractivity contribution in [2.75, 3.05) is 7.05 Å². The first-order chi connectivity index (χ1) is 9.13. The van der Waals surface area contributed by atoms with Crippen LogP contribution in [0, 0.1) is 35.2 Å². The predicted molar refractivity (Wildman–Crippen MR) is 67.1 cm³/mol. The standard InChI is InChI=1S/C15H18F3N/c1-19-15(14-8-4-2-3-5-9(8)14)10-6-12(17)13(18)7-11(10)16/h6-9,14-15,19H,2-5H2,1H3. The summed E-state index contributed by atoms with van der Waals surface area (Å²) in [7, 11) is 1.76. The van der Waals surface area contributed by atoms with Crippen molar-refractivity contribution in [3.8, 4) is 0 Å². The lowest BCUT2D eigenvalue weighted by Gasteiger charge is -2.18. The van der Waals surface area contributed by atoms with Crippen molar-refractivity contribution in [1.82, 2.24) is 5.32 Å². The fourth-order valence-electron chi connectivity index (χ4n) is 3.87. The summed E-state index contributed by atoms with van der Waals surface area (Å²) in [5.41, 5.74) is 0.265. The Hall–Kier alpha value is -1.03.